The van der Waals surface area contributed by atoms with E-state index in [9.17, 15) is 4.79 Å². The number of thioether (sulfide) groups is 1. The number of aromatic nitrogens is 3. The summed E-state index contributed by atoms with van der Waals surface area (Å²) in [6.07, 6.45) is 1.58. The van der Waals surface area contributed by atoms with Crippen molar-refractivity contribution in [3.8, 4) is 5.75 Å². The molecule has 2 heterocycles. The van der Waals surface area contributed by atoms with Crippen molar-refractivity contribution in [1.82, 2.24) is 20.2 Å². The summed E-state index contributed by atoms with van der Waals surface area (Å²) in [5.41, 5.74) is 1.25. The molecule has 0 saturated heterocycles. The Hall–Kier alpha value is -2.94. The highest BCUT2D eigenvalue weighted by atomic mass is 32.2. The Balaban J connectivity index is 1.49. The van der Waals surface area contributed by atoms with E-state index in [1.54, 1.807) is 12.3 Å². The number of amides is 1. The SMILES string of the molecule is CC(C)c1ccc(OCc2nnc(SCC(=O)N[C@H](C)c3ccco3)n2N)cc1. The lowest BCUT2D eigenvalue weighted by atomic mass is 10.0. The number of nitrogens with one attached hydrogen (secondary N) is 1. The molecule has 9 heteroatoms. The van der Waals surface area contributed by atoms with Gasteiger partial charge in [-0.1, -0.05) is 37.7 Å². The molecule has 2 aromatic heterocycles. The molecule has 0 aliphatic carbocycles. The lowest BCUT2D eigenvalue weighted by Crippen LogP contribution is -2.28. The third kappa shape index (κ3) is 5.54. The van der Waals surface area contributed by atoms with E-state index >= 15 is 0 Å². The number of nitrogens with zero attached hydrogens (tertiary/aromatic N) is 3. The number of rotatable bonds is 9. The normalized spacial score (nSPS) is 12.1. The predicted octanol–water partition coefficient (Wildman–Crippen LogP) is 3.26. The van der Waals surface area contributed by atoms with E-state index in [1.807, 2.05) is 37.3 Å². The van der Waals surface area contributed by atoms with Gasteiger partial charge >= 0.3 is 0 Å². The van der Waals surface area contributed by atoms with Gasteiger partial charge in [-0.3, -0.25) is 4.79 Å². The molecule has 1 aromatic carbocycles. The summed E-state index contributed by atoms with van der Waals surface area (Å²) >= 11 is 1.21. The average Bonchev–Trinajstić information content (AvgIpc) is 3.35. The molecule has 29 heavy (non-hydrogen) atoms. The topological polar surface area (TPSA) is 108 Å². The summed E-state index contributed by atoms with van der Waals surface area (Å²) in [6, 6.07) is 11.3. The van der Waals surface area contributed by atoms with Gasteiger partial charge in [-0.15, -0.1) is 10.2 Å². The summed E-state index contributed by atoms with van der Waals surface area (Å²) < 4.78 is 12.4. The second-order valence-electron chi connectivity index (χ2n) is 6.87. The number of nitrogen functional groups attached to an aromatic ring is 1. The molecule has 3 rings (SSSR count). The second kappa shape index (κ2) is 9.51. The number of hydrogen-bond acceptors (Lipinski definition) is 7. The molecule has 154 valence electrons. The lowest BCUT2D eigenvalue weighted by Gasteiger charge is -2.11. The maximum Gasteiger partial charge on any atom is 0.231 e. The third-order valence-electron chi connectivity index (χ3n) is 4.33. The molecule has 0 saturated carbocycles. The van der Waals surface area contributed by atoms with Gasteiger partial charge < -0.3 is 20.3 Å². The fourth-order valence-electron chi connectivity index (χ4n) is 2.62. The van der Waals surface area contributed by atoms with Crippen LogP contribution in [0.3, 0.4) is 0 Å². The van der Waals surface area contributed by atoms with Crippen molar-refractivity contribution in [3.63, 3.8) is 0 Å². The van der Waals surface area contributed by atoms with Crippen LogP contribution in [0.2, 0.25) is 0 Å². The molecule has 0 unspecified atom stereocenters. The lowest BCUT2D eigenvalue weighted by molar-refractivity contribution is -0.119. The number of furan rings is 1. The first kappa shape index (κ1) is 20.8. The van der Waals surface area contributed by atoms with Gasteiger partial charge in [0.15, 0.2) is 5.82 Å². The Kier molecular flexibility index (Phi) is 6.82. The van der Waals surface area contributed by atoms with Crippen LogP contribution >= 0.6 is 11.8 Å². The van der Waals surface area contributed by atoms with Crippen LogP contribution < -0.4 is 15.9 Å². The summed E-state index contributed by atoms with van der Waals surface area (Å²) in [7, 11) is 0. The van der Waals surface area contributed by atoms with Crippen LogP contribution in [0, 0.1) is 0 Å². The molecule has 3 aromatic rings. The zero-order valence-corrected chi connectivity index (χ0v) is 17.5. The van der Waals surface area contributed by atoms with E-state index in [0.717, 1.165) is 5.75 Å². The van der Waals surface area contributed by atoms with E-state index in [0.29, 0.717) is 22.7 Å². The summed E-state index contributed by atoms with van der Waals surface area (Å²) in [5, 5.41) is 11.4. The Morgan fingerprint density at radius 1 is 1.24 bits per heavy atom. The monoisotopic (exact) mass is 415 g/mol. The van der Waals surface area contributed by atoms with E-state index < -0.39 is 0 Å². The van der Waals surface area contributed by atoms with Crippen LogP contribution in [-0.2, 0) is 11.4 Å². The molecular formula is C20H25N5O3S. The van der Waals surface area contributed by atoms with Crippen molar-refractivity contribution in [2.24, 2.45) is 0 Å². The molecule has 0 aliphatic rings. The maximum absolute atomic E-state index is 12.1. The smallest absolute Gasteiger partial charge is 0.231 e. The van der Waals surface area contributed by atoms with Gasteiger partial charge in [0.05, 0.1) is 18.1 Å². The summed E-state index contributed by atoms with van der Waals surface area (Å²) in [6.45, 7) is 6.33. The minimum Gasteiger partial charge on any atom is -0.486 e. The fourth-order valence-corrected chi connectivity index (χ4v) is 3.31. The number of hydrogen-bond donors (Lipinski definition) is 2. The van der Waals surface area contributed by atoms with E-state index in [1.165, 1.54) is 22.0 Å². The minimum atomic E-state index is -0.208. The number of carbonyl (C=O) groups excluding carboxylic acids is 1. The second-order valence-corrected chi connectivity index (χ2v) is 7.82. The molecule has 0 aliphatic heterocycles. The molecular weight excluding hydrogens is 390 g/mol. The molecule has 1 amide bonds. The van der Waals surface area contributed by atoms with Crippen molar-refractivity contribution >= 4 is 17.7 Å². The Labute approximate surface area is 173 Å². The predicted molar refractivity (Wildman–Crippen MR) is 111 cm³/mol. The quantitative estimate of drug-likeness (QED) is 0.408. The number of nitrogens with two attached hydrogens (primary N) is 1. The molecule has 0 radical (unpaired) electrons. The van der Waals surface area contributed by atoms with Crippen molar-refractivity contribution in [2.75, 3.05) is 11.6 Å². The van der Waals surface area contributed by atoms with E-state index in [-0.39, 0.29) is 24.3 Å². The van der Waals surface area contributed by atoms with Gasteiger partial charge in [-0.2, -0.15) is 0 Å². The van der Waals surface area contributed by atoms with Gasteiger partial charge in [0, 0.05) is 0 Å². The fraction of sp³-hybridized carbons (Fsp3) is 0.350. The van der Waals surface area contributed by atoms with E-state index in [4.69, 9.17) is 15.0 Å². The highest BCUT2D eigenvalue weighted by Gasteiger charge is 2.15. The van der Waals surface area contributed by atoms with Crippen LogP contribution in [0.4, 0.5) is 0 Å². The molecule has 1 atom stereocenters. The van der Waals surface area contributed by atoms with Crippen LogP contribution in [0.1, 0.15) is 49.9 Å². The number of ether oxygens (including phenoxy) is 1. The first-order chi connectivity index (χ1) is 13.9. The number of benzene rings is 1. The van der Waals surface area contributed by atoms with Crippen molar-refractivity contribution in [3.05, 3.63) is 59.8 Å². The van der Waals surface area contributed by atoms with Gasteiger partial charge in [0.1, 0.15) is 18.1 Å². The van der Waals surface area contributed by atoms with Crippen LogP contribution in [-0.4, -0.2) is 26.5 Å². The van der Waals surface area contributed by atoms with Crippen LogP contribution in [0.25, 0.3) is 0 Å². The zero-order chi connectivity index (χ0) is 20.8. The summed E-state index contributed by atoms with van der Waals surface area (Å²) in [5.74, 6) is 8.44. The Morgan fingerprint density at radius 2 is 2.00 bits per heavy atom. The summed E-state index contributed by atoms with van der Waals surface area (Å²) in [4.78, 5) is 12.1. The van der Waals surface area contributed by atoms with Crippen molar-refractivity contribution in [2.45, 2.75) is 44.5 Å². The molecule has 8 nitrogen and oxygen atoms in total. The van der Waals surface area contributed by atoms with E-state index in [2.05, 4.69) is 29.4 Å². The van der Waals surface area contributed by atoms with Crippen molar-refractivity contribution in [1.29, 1.82) is 0 Å². The van der Waals surface area contributed by atoms with Crippen LogP contribution in [0.15, 0.2) is 52.2 Å². The standard InChI is InChI=1S/C20H25N5O3S/c1-13(2)15-6-8-16(9-7-15)28-11-18-23-24-20(25(18)21)29-12-19(26)22-14(3)17-5-4-10-27-17/h4-10,13-14H,11-12,21H2,1-3H3,(H,22,26)/t14-/m1/s1. The molecule has 0 bridgehead atoms. The highest BCUT2D eigenvalue weighted by molar-refractivity contribution is 7.99. The van der Waals surface area contributed by atoms with Gasteiger partial charge in [0.25, 0.3) is 0 Å². The first-order valence-electron chi connectivity index (χ1n) is 9.31. The Bertz CT molecular complexity index is 922. The average molecular weight is 416 g/mol. The maximum atomic E-state index is 12.1. The number of carbonyl (C=O) groups is 1. The zero-order valence-electron chi connectivity index (χ0n) is 16.7. The first-order valence-corrected chi connectivity index (χ1v) is 10.3. The molecule has 0 spiro atoms. The van der Waals surface area contributed by atoms with Gasteiger partial charge in [-0.05, 0) is 42.7 Å². The molecule has 0 fully saturated rings. The highest BCUT2D eigenvalue weighted by Crippen LogP contribution is 2.20. The third-order valence-corrected chi connectivity index (χ3v) is 5.27. The minimum absolute atomic E-state index is 0.148. The van der Waals surface area contributed by atoms with Gasteiger partial charge in [0.2, 0.25) is 11.1 Å². The van der Waals surface area contributed by atoms with Crippen molar-refractivity contribution < 1.29 is 13.9 Å². The van der Waals surface area contributed by atoms with Gasteiger partial charge in [-0.25, -0.2) is 4.68 Å². The largest absolute Gasteiger partial charge is 0.486 e. The van der Waals surface area contributed by atoms with Crippen LogP contribution in [0.5, 0.6) is 5.75 Å². The Morgan fingerprint density at radius 3 is 2.66 bits per heavy atom. The molecule has 3 N–H and O–H groups in total.